The van der Waals surface area contributed by atoms with Crippen LogP contribution in [0.2, 0.25) is 10.0 Å². The number of benzene rings is 1. The summed E-state index contributed by atoms with van der Waals surface area (Å²) in [4.78, 5) is 4.51. The second-order valence-corrected chi connectivity index (χ2v) is 5.86. The molecular formula is C15H15Cl2NO. The Balaban J connectivity index is 2.54. The molecule has 0 radical (unpaired) electrons. The molecule has 0 aliphatic heterocycles. The number of pyridine rings is 1. The molecule has 0 spiro atoms. The molecule has 0 unspecified atom stereocenters. The molecule has 4 heteroatoms. The van der Waals surface area contributed by atoms with Crippen LogP contribution >= 0.6 is 23.2 Å². The van der Waals surface area contributed by atoms with E-state index >= 15 is 0 Å². The van der Waals surface area contributed by atoms with Crippen molar-refractivity contribution in [3.63, 3.8) is 0 Å². The number of halogens is 2. The molecule has 1 aromatic carbocycles. The lowest BCUT2D eigenvalue weighted by Crippen LogP contribution is -2.17. The molecule has 0 saturated heterocycles. The fourth-order valence-corrected chi connectivity index (χ4v) is 2.44. The molecule has 1 N–H and O–H groups in total. The zero-order chi connectivity index (χ0) is 14.2. The van der Waals surface area contributed by atoms with Crippen molar-refractivity contribution >= 4 is 23.2 Å². The second-order valence-electron chi connectivity index (χ2n) is 5.01. The monoisotopic (exact) mass is 295 g/mol. The molecule has 1 heterocycles. The Hall–Kier alpha value is -1.09. The molecule has 0 aliphatic carbocycles. The second kappa shape index (κ2) is 5.12. The van der Waals surface area contributed by atoms with Gasteiger partial charge in [0, 0.05) is 21.8 Å². The van der Waals surface area contributed by atoms with Gasteiger partial charge in [0.2, 0.25) is 0 Å². The predicted octanol–water partition coefficient (Wildman–Crippen LogP) is 4.59. The minimum Gasteiger partial charge on any atom is -0.386 e. The minimum absolute atomic E-state index is 0.604. The van der Waals surface area contributed by atoms with Crippen molar-refractivity contribution < 1.29 is 5.11 Å². The minimum atomic E-state index is -0.909. The van der Waals surface area contributed by atoms with Crippen LogP contribution in [-0.4, -0.2) is 10.1 Å². The van der Waals surface area contributed by atoms with Crippen molar-refractivity contribution in [2.24, 2.45) is 0 Å². The van der Waals surface area contributed by atoms with Crippen LogP contribution in [0.5, 0.6) is 0 Å². The molecule has 100 valence electrons. The topological polar surface area (TPSA) is 33.1 Å². The maximum absolute atomic E-state index is 10.0. The summed E-state index contributed by atoms with van der Waals surface area (Å²) >= 11 is 12.1. The normalized spacial score (nSPS) is 11.7. The summed E-state index contributed by atoms with van der Waals surface area (Å²) in [6.45, 7) is 5.35. The van der Waals surface area contributed by atoms with E-state index in [1.807, 2.05) is 19.1 Å². The summed E-state index contributed by atoms with van der Waals surface area (Å²) in [6, 6.07) is 8.99. The average Bonchev–Trinajstić information content (AvgIpc) is 2.30. The van der Waals surface area contributed by atoms with Gasteiger partial charge >= 0.3 is 0 Å². The predicted molar refractivity (Wildman–Crippen MR) is 79.7 cm³/mol. The lowest BCUT2D eigenvalue weighted by atomic mass is 9.96. The van der Waals surface area contributed by atoms with Gasteiger partial charge in [-0.15, -0.1) is 0 Å². The van der Waals surface area contributed by atoms with Crippen LogP contribution in [0.3, 0.4) is 0 Å². The van der Waals surface area contributed by atoms with E-state index in [1.165, 1.54) is 0 Å². The van der Waals surface area contributed by atoms with Gasteiger partial charge in [0.05, 0.1) is 16.3 Å². The molecule has 0 bridgehead atoms. The summed E-state index contributed by atoms with van der Waals surface area (Å²) in [5, 5.41) is 11.3. The van der Waals surface area contributed by atoms with Gasteiger partial charge in [0.1, 0.15) is 0 Å². The molecule has 0 aliphatic rings. The Kier molecular flexibility index (Phi) is 3.86. The Bertz CT molecular complexity index is 618. The number of nitrogens with zero attached hydrogens (tertiary/aromatic N) is 1. The molecule has 0 saturated carbocycles. The number of aromatic nitrogens is 1. The lowest BCUT2D eigenvalue weighted by Gasteiger charge is -2.20. The fraction of sp³-hybridized carbons (Fsp3) is 0.267. The van der Waals surface area contributed by atoms with Crippen LogP contribution < -0.4 is 0 Å². The Morgan fingerprint density at radius 2 is 1.79 bits per heavy atom. The van der Waals surface area contributed by atoms with Gasteiger partial charge in [0.25, 0.3) is 0 Å². The molecule has 0 amide bonds. The molecular weight excluding hydrogens is 281 g/mol. The zero-order valence-corrected chi connectivity index (χ0v) is 12.5. The van der Waals surface area contributed by atoms with Gasteiger partial charge in [-0.25, -0.2) is 0 Å². The first-order chi connectivity index (χ1) is 8.79. The average molecular weight is 296 g/mol. The number of aryl methyl sites for hydroxylation is 1. The van der Waals surface area contributed by atoms with Crippen molar-refractivity contribution in [3.8, 4) is 11.3 Å². The highest BCUT2D eigenvalue weighted by atomic mass is 35.5. The molecule has 1 aromatic heterocycles. The first-order valence-corrected chi connectivity index (χ1v) is 6.70. The highest BCUT2D eigenvalue weighted by Gasteiger charge is 2.19. The summed E-state index contributed by atoms with van der Waals surface area (Å²) in [6.07, 6.45) is 0. The summed E-state index contributed by atoms with van der Waals surface area (Å²) in [5.74, 6) is 0. The van der Waals surface area contributed by atoms with E-state index in [4.69, 9.17) is 23.2 Å². The van der Waals surface area contributed by atoms with Crippen molar-refractivity contribution in [2.45, 2.75) is 26.4 Å². The highest BCUT2D eigenvalue weighted by molar-refractivity contribution is 6.35. The van der Waals surface area contributed by atoms with Gasteiger partial charge < -0.3 is 5.11 Å². The van der Waals surface area contributed by atoms with Gasteiger partial charge in [-0.1, -0.05) is 29.3 Å². The van der Waals surface area contributed by atoms with Gasteiger partial charge in [-0.2, -0.15) is 0 Å². The van der Waals surface area contributed by atoms with E-state index in [0.29, 0.717) is 10.0 Å². The number of hydrogen-bond donors (Lipinski definition) is 1. The van der Waals surface area contributed by atoms with E-state index in [2.05, 4.69) is 4.98 Å². The quantitative estimate of drug-likeness (QED) is 0.879. The number of aliphatic hydroxyl groups is 1. The largest absolute Gasteiger partial charge is 0.386 e. The Labute approximate surface area is 123 Å². The molecule has 2 rings (SSSR count). The smallest absolute Gasteiger partial charge is 0.0857 e. The van der Waals surface area contributed by atoms with Crippen LogP contribution in [0.4, 0.5) is 0 Å². The van der Waals surface area contributed by atoms with E-state index in [0.717, 1.165) is 22.5 Å². The van der Waals surface area contributed by atoms with Crippen molar-refractivity contribution in [1.29, 1.82) is 0 Å². The third-order valence-corrected chi connectivity index (χ3v) is 3.51. The molecule has 0 atom stereocenters. The summed E-state index contributed by atoms with van der Waals surface area (Å²) < 4.78 is 0. The first kappa shape index (κ1) is 14.3. The molecule has 2 nitrogen and oxygen atoms in total. The van der Waals surface area contributed by atoms with E-state index in [-0.39, 0.29) is 0 Å². The van der Waals surface area contributed by atoms with Crippen molar-refractivity contribution in [2.75, 3.05) is 0 Å². The third-order valence-electron chi connectivity index (χ3n) is 2.95. The van der Waals surface area contributed by atoms with Gasteiger partial charge in [0.15, 0.2) is 0 Å². The number of hydrogen-bond acceptors (Lipinski definition) is 2. The summed E-state index contributed by atoms with van der Waals surface area (Å²) in [7, 11) is 0. The van der Waals surface area contributed by atoms with E-state index < -0.39 is 5.60 Å². The van der Waals surface area contributed by atoms with Crippen LogP contribution in [0.15, 0.2) is 30.3 Å². The van der Waals surface area contributed by atoms with E-state index in [9.17, 15) is 5.11 Å². The molecule has 2 aromatic rings. The Morgan fingerprint density at radius 1 is 1.11 bits per heavy atom. The van der Waals surface area contributed by atoms with Gasteiger partial charge in [-0.05, 0) is 45.0 Å². The van der Waals surface area contributed by atoms with Crippen LogP contribution in [0.25, 0.3) is 11.3 Å². The van der Waals surface area contributed by atoms with Crippen molar-refractivity contribution in [1.82, 2.24) is 4.98 Å². The third kappa shape index (κ3) is 3.08. The molecule has 19 heavy (non-hydrogen) atoms. The summed E-state index contributed by atoms with van der Waals surface area (Å²) in [5.41, 5.74) is 2.21. The van der Waals surface area contributed by atoms with Crippen molar-refractivity contribution in [3.05, 3.63) is 51.6 Å². The van der Waals surface area contributed by atoms with Gasteiger partial charge in [-0.3, -0.25) is 4.98 Å². The zero-order valence-electron chi connectivity index (χ0n) is 11.0. The maximum Gasteiger partial charge on any atom is 0.0857 e. The van der Waals surface area contributed by atoms with Crippen LogP contribution in [-0.2, 0) is 5.60 Å². The maximum atomic E-state index is 10.0. The standard InChI is InChI=1S/C15H15Cl2NO/c1-9-12(15(2,3)19)5-7-14(18-9)11-8-10(16)4-6-13(11)17/h4-8,19H,1-3H3. The lowest BCUT2D eigenvalue weighted by molar-refractivity contribution is 0.0775. The van der Waals surface area contributed by atoms with E-state index in [1.54, 1.807) is 32.0 Å². The first-order valence-electron chi connectivity index (χ1n) is 5.95. The fourth-order valence-electron chi connectivity index (χ4n) is 2.05. The van der Waals surface area contributed by atoms with Crippen LogP contribution in [0, 0.1) is 6.92 Å². The molecule has 0 fully saturated rings. The highest BCUT2D eigenvalue weighted by Crippen LogP contribution is 2.31. The number of rotatable bonds is 2. The Morgan fingerprint density at radius 3 is 2.37 bits per heavy atom. The van der Waals surface area contributed by atoms with Crippen LogP contribution in [0.1, 0.15) is 25.1 Å². The SMILES string of the molecule is Cc1nc(-c2cc(Cl)ccc2Cl)ccc1C(C)(C)O.